The lowest BCUT2D eigenvalue weighted by Crippen LogP contribution is -2.51. The van der Waals surface area contributed by atoms with E-state index >= 15 is 0 Å². The van der Waals surface area contributed by atoms with E-state index in [1.54, 1.807) is 18.2 Å². The third-order valence-electron chi connectivity index (χ3n) is 4.03. The van der Waals surface area contributed by atoms with E-state index in [9.17, 15) is 20.0 Å². The highest BCUT2D eigenvalue weighted by atomic mass is 16.7. The van der Waals surface area contributed by atoms with Crippen LogP contribution in [0.15, 0.2) is 30.3 Å². The molecule has 0 aliphatic carbocycles. The number of ether oxygens (including phenoxy) is 1. The van der Waals surface area contributed by atoms with Crippen molar-refractivity contribution in [2.24, 2.45) is 0 Å². The van der Waals surface area contributed by atoms with Gasteiger partial charge in [0.25, 0.3) is 0 Å². The van der Waals surface area contributed by atoms with E-state index in [4.69, 9.17) is 4.74 Å². The number of carboxylic acids is 1. The molecule has 0 fully saturated rings. The van der Waals surface area contributed by atoms with Crippen LogP contribution in [-0.2, 0) is 4.79 Å². The van der Waals surface area contributed by atoms with Crippen molar-refractivity contribution in [1.29, 1.82) is 0 Å². The number of unbranched alkanes of at least 4 members (excludes halogenated alkanes) is 7. The number of aliphatic carboxylic acids is 1. The molecule has 1 unspecified atom stereocenters. The number of para-hydroxylation sites is 1. The Morgan fingerprint density at radius 1 is 1.08 bits per heavy atom. The van der Waals surface area contributed by atoms with Crippen LogP contribution in [0.5, 0.6) is 5.75 Å². The molecular formula is C18H27NO5. The molecule has 0 amide bonds. The lowest BCUT2D eigenvalue weighted by atomic mass is 10.0. The third-order valence-corrected chi connectivity index (χ3v) is 4.03. The number of carbonyl (C=O) groups is 1. The Morgan fingerprint density at radius 2 is 1.62 bits per heavy atom. The summed E-state index contributed by atoms with van der Waals surface area (Å²) in [5.74, 6) is -1.37. The van der Waals surface area contributed by atoms with E-state index in [2.05, 4.69) is 6.92 Å². The summed E-state index contributed by atoms with van der Waals surface area (Å²) < 4.78 is 5.29. The third kappa shape index (κ3) is 6.18. The van der Waals surface area contributed by atoms with Gasteiger partial charge in [0.2, 0.25) is 0 Å². The Morgan fingerprint density at radius 3 is 2.12 bits per heavy atom. The number of hydrogen-bond donors (Lipinski definition) is 1. The summed E-state index contributed by atoms with van der Waals surface area (Å²) in [4.78, 5) is 22.1. The maximum absolute atomic E-state index is 11.5. The molecule has 6 nitrogen and oxygen atoms in total. The monoisotopic (exact) mass is 337 g/mol. The number of nitro groups is 1. The van der Waals surface area contributed by atoms with Gasteiger partial charge in [-0.2, -0.15) is 0 Å². The molecule has 1 N–H and O–H groups in total. The van der Waals surface area contributed by atoms with Crippen molar-refractivity contribution in [3.8, 4) is 5.75 Å². The second-order valence-electron chi connectivity index (χ2n) is 5.99. The van der Waals surface area contributed by atoms with Gasteiger partial charge in [-0.25, -0.2) is 4.79 Å². The minimum Gasteiger partial charge on any atom is -0.473 e. The number of rotatable bonds is 13. The van der Waals surface area contributed by atoms with Crippen LogP contribution in [0.1, 0.15) is 64.7 Å². The van der Waals surface area contributed by atoms with Gasteiger partial charge in [-0.15, -0.1) is 0 Å². The fourth-order valence-electron chi connectivity index (χ4n) is 2.59. The fraction of sp³-hybridized carbons (Fsp3) is 0.611. The van der Waals surface area contributed by atoms with Gasteiger partial charge in [0.1, 0.15) is 5.75 Å². The summed E-state index contributed by atoms with van der Waals surface area (Å²) in [5, 5.41) is 20.8. The number of hydrogen-bond acceptors (Lipinski definition) is 4. The van der Waals surface area contributed by atoms with Gasteiger partial charge < -0.3 is 9.84 Å². The van der Waals surface area contributed by atoms with Gasteiger partial charge >= 0.3 is 11.7 Å². The van der Waals surface area contributed by atoms with Crippen LogP contribution in [0.3, 0.4) is 0 Å². The number of carboxylic acid groups (broad SMARTS) is 1. The average Bonchev–Trinajstić information content (AvgIpc) is 2.56. The largest absolute Gasteiger partial charge is 0.473 e. The number of nitrogens with zero attached hydrogens (tertiary/aromatic N) is 1. The molecule has 1 aromatic carbocycles. The topological polar surface area (TPSA) is 89.7 Å². The SMILES string of the molecule is CCCCCCCCCCC(Oc1ccccc1)(C(=O)O)[N+](=O)[O-]. The van der Waals surface area contributed by atoms with Crippen molar-refractivity contribution in [1.82, 2.24) is 0 Å². The van der Waals surface area contributed by atoms with Crippen LogP contribution in [0.2, 0.25) is 0 Å². The van der Waals surface area contributed by atoms with Crippen molar-refractivity contribution in [2.45, 2.75) is 70.4 Å². The van der Waals surface area contributed by atoms with Gasteiger partial charge in [-0.3, -0.25) is 10.1 Å². The molecule has 1 aromatic rings. The van der Waals surface area contributed by atoms with Crippen molar-refractivity contribution in [2.75, 3.05) is 0 Å². The first kappa shape index (κ1) is 19.9. The molecule has 1 rings (SSSR count). The maximum atomic E-state index is 11.5. The normalized spacial score (nSPS) is 13.2. The van der Waals surface area contributed by atoms with Gasteiger partial charge in [0, 0.05) is 0 Å². The van der Waals surface area contributed by atoms with E-state index in [-0.39, 0.29) is 12.2 Å². The van der Waals surface area contributed by atoms with Crippen LogP contribution >= 0.6 is 0 Å². The molecule has 134 valence electrons. The van der Waals surface area contributed by atoms with Crippen LogP contribution in [0.4, 0.5) is 0 Å². The Bertz CT molecular complexity index is 489. The van der Waals surface area contributed by atoms with Crippen LogP contribution in [-0.4, -0.2) is 21.7 Å². The molecule has 24 heavy (non-hydrogen) atoms. The predicted molar refractivity (Wildman–Crippen MR) is 91.7 cm³/mol. The highest BCUT2D eigenvalue weighted by Gasteiger charge is 2.54. The van der Waals surface area contributed by atoms with E-state index in [1.165, 1.54) is 31.4 Å². The summed E-state index contributed by atoms with van der Waals surface area (Å²) in [6.45, 7) is 2.16. The van der Waals surface area contributed by atoms with Crippen LogP contribution < -0.4 is 4.74 Å². The van der Waals surface area contributed by atoms with Crippen molar-refractivity contribution in [3.05, 3.63) is 40.4 Å². The Labute approximate surface area is 143 Å². The van der Waals surface area contributed by atoms with E-state index in [1.807, 2.05) is 0 Å². The van der Waals surface area contributed by atoms with Gasteiger partial charge in [-0.1, -0.05) is 70.1 Å². The summed E-state index contributed by atoms with van der Waals surface area (Å²) in [6, 6.07) is 8.08. The molecular weight excluding hydrogens is 310 g/mol. The zero-order chi connectivity index (χ0) is 17.8. The van der Waals surface area contributed by atoms with Gasteiger partial charge in [0.15, 0.2) is 0 Å². The highest BCUT2D eigenvalue weighted by Crippen LogP contribution is 2.25. The average molecular weight is 337 g/mol. The zero-order valence-electron chi connectivity index (χ0n) is 14.3. The molecule has 0 saturated carbocycles. The standard InChI is InChI=1S/C18H27NO5/c1-2-3-4-5-6-7-8-12-15-18(17(20)21,19(22)23)24-16-13-10-9-11-14-16/h9-11,13-14H,2-8,12,15H2,1H3,(H,20,21). The summed E-state index contributed by atoms with van der Waals surface area (Å²) in [5.41, 5.74) is -2.41. The van der Waals surface area contributed by atoms with Crippen molar-refractivity contribution >= 4 is 5.97 Å². The van der Waals surface area contributed by atoms with E-state index < -0.39 is 16.6 Å². The van der Waals surface area contributed by atoms with Gasteiger partial charge in [0.05, 0.1) is 11.3 Å². The minimum absolute atomic E-state index is 0.140. The molecule has 0 heterocycles. The second-order valence-corrected chi connectivity index (χ2v) is 5.99. The predicted octanol–water partition coefficient (Wildman–Crippen LogP) is 4.65. The van der Waals surface area contributed by atoms with Gasteiger partial charge in [-0.05, 0) is 18.6 Å². The molecule has 0 bridgehead atoms. The molecule has 0 aliphatic rings. The quantitative estimate of drug-likeness (QED) is 0.245. The lowest BCUT2D eigenvalue weighted by Gasteiger charge is -2.22. The first-order valence-corrected chi connectivity index (χ1v) is 8.65. The summed E-state index contributed by atoms with van der Waals surface area (Å²) in [7, 11) is 0. The van der Waals surface area contributed by atoms with Crippen LogP contribution in [0, 0.1) is 10.1 Å². The van der Waals surface area contributed by atoms with Crippen LogP contribution in [0.25, 0.3) is 0 Å². The Kier molecular flexibility index (Phi) is 8.83. The van der Waals surface area contributed by atoms with E-state index in [0.717, 1.165) is 25.7 Å². The maximum Gasteiger partial charge on any atom is 0.460 e. The second kappa shape index (κ2) is 10.6. The molecule has 0 spiro atoms. The molecule has 0 saturated heterocycles. The molecule has 6 heteroatoms. The number of benzene rings is 1. The first-order valence-electron chi connectivity index (χ1n) is 8.65. The highest BCUT2D eigenvalue weighted by molar-refractivity contribution is 5.75. The van der Waals surface area contributed by atoms with Crippen molar-refractivity contribution < 1.29 is 19.6 Å². The molecule has 0 aliphatic heterocycles. The molecule has 0 aromatic heterocycles. The first-order chi connectivity index (χ1) is 11.5. The summed E-state index contributed by atoms with van der Waals surface area (Å²) in [6.07, 6.45) is 7.92. The fourth-order valence-corrected chi connectivity index (χ4v) is 2.59. The Hall–Kier alpha value is -2.11. The lowest BCUT2D eigenvalue weighted by molar-refractivity contribution is -0.600. The zero-order valence-corrected chi connectivity index (χ0v) is 14.3. The minimum atomic E-state index is -2.41. The molecule has 1 atom stereocenters. The summed E-state index contributed by atoms with van der Waals surface area (Å²) >= 11 is 0. The van der Waals surface area contributed by atoms with Crippen molar-refractivity contribution in [3.63, 3.8) is 0 Å². The molecule has 0 radical (unpaired) electrons. The smallest absolute Gasteiger partial charge is 0.460 e. The van der Waals surface area contributed by atoms with E-state index in [0.29, 0.717) is 6.42 Å². The Balaban J connectivity index is 2.54.